The molecule has 1 aliphatic rings. The van der Waals surface area contributed by atoms with E-state index in [0.29, 0.717) is 0 Å². The maximum atomic E-state index is 5.76. The maximum Gasteiger partial charge on any atom is 0.244 e. The first-order valence-electron chi connectivity index (χ1n) is 4.15. The zero-order valence-corrected chi connectivity index (χ0v) is 7.12. The van der Waals surface area contributed by atoms with E-state index in [1.807, 2.05) is 6.92 Å². The van der Waals surface area contributed by atoms with Gasteiger partial charge in [-0.3, -0.25) is 5.10 Å². The topological polar surface area (TPSA) is 70.8 Å². The highest BCUT2D eigenvalue weighted by Crippen LogP contribution is 2.13. The number of aryl methyl sites for hydroxylation is 1. The first kappa shape index (κ1) is 7.54. The molecule has 0 aromatic carbocycles. The van der Waals surface area contributed by atoms with E-state index in [4.69, 9.17) is 5.73 Å². The van der Waals surface area contributed by atoms with E-state index in [2.05, 4.69) is 20.1 Å². The summed E-state index contributed by atoms with van der Waals surface area (Å²) in [5.41, 5.74) is 5.76. The summed E-state index contributed by atoms with van der Waals surface area (Å²) < 4.78 is 0. The molecule has 1 aromatic rings. The molecule has 1 aromatic heterocycles. The molecule has 5 heteroatoms. The number of nitrogens with two attached hydrogens (primary N) is 1. The fraction of sp³-hybridized carbons (Fsp3) is 0.714. The van der Waals surface area contributed by atoms with E-state index in [1.165, 1.54) is 0 Å². The number of nitrogens with one attached hydrogen (secondary N) is 1. The highest BCUT2D eigenvalue weighted by Gasteiger charge is 2.21. The van der Waals surface area contributed by atoms with Gasteiger partial charge in [0.1, 0.15) is 5.82 Å². The van der Waals surface area contributed by atoms with Crippen molar-refractivity contribution in [2.24, 2.45) is 5.73 Å². The van der Waals surface area contributed by atoms with Crippen LogP contribution in [0.15, 0.2) is 0 Å². The molecule has 0 spiro atoms. The Morgan fingerprint density at radius 2 is 2.50 bits per heavy atom. The van der Waals surface area contributed by atoms with Crippen molar-refractivity contribution < 1.29 is 0 Å². The second kappa shape index (κ2) is 2.75. The Hall–Kier alpha value is -1.10. The Morgan fingerprint density at radius 1 is 1.67 bits per heavy atom. The lowest BCUT2D eigenvalue weighted by Gasteiger charge is -2.11. The predicted octanol–water partition coefficient (Wildman–Crippen LogP) is -0.349. The summed E-state index contributed by atoms with van der Waals surface area (Å²) in [5.74, 6) is 1.63. The third kappa shape index (κ3) is 1.27. The molecule has 3 N–H and O–H groups in total. The normalized spacial score (nSPS) is 23.5. The van der Waals surface area contributed by atoms with Crippen molar-refractivity contribution >= 4 is 5.95 Å². The van der Waals surface area contributed by atoms with Crippen LogP contribution in [-0.2, 0) is 0 Å². The molecule has 0 bridgehead atoms. The molecule has 2 heterocycles. The second-order valence-electron chi connectivity index (χ2n) is 3.22. The van der Waals surface area contributed by atoms with Gasteiger partial charge < -0.3 is 10.6 Å². The summed E-state index contributed by atoms with van der Waals surface area (Å²) in [5, 5.41) is 6.88. The summed E-state index contributed by atoms with van der Waals surface area (Å²) >= 11 is 0. The Balaban J connectivity index is 2.11. The molecule has 1 unspecified atom stereocenters. The fourth-order valence-electron chi connectivity index (χ4n) is 1.44. The van der Waals surface area contributed by atoms with Crippen LogP contribution in [-0.4, -0.2) is 34.3 Å². The van der Waals surface area contributed by atoms with Crippen molar-refractivity contribution in [3.63, 3.8) is 0 Å². The minimum absolute atomic E-state index is 0.281. The van der Waals surface area contributed by atoms with Crippen molar-refractivity contribution in [1.29, 1.82) is 0 Å². The van der Waals surface area contributed by atoms with Crippen LogP contribution in [0.5, 0.6) is 0 Å². The molecule has 1 saturated heterocycles. The van der Waals surface area contributed by atoms with Gasteiger partial charge in [-0.1, -0.05) is 0 Å². The number of hydrogen-bond acceptors (Lipinski definition) is 4. The van der Waals surface area contributed by atoms with Crippen molar-refractivity contribution in [1.82, 2.24) is 15.2 Å². The Labute approximate surface area is 71.0 Å². The molecule has 0 saturated carbocycles. The molecular formula is C7H13N5. The average molecular weight is 167 g/mol. The van der Waals surface area contributed by atoms with Gasteiger partial charge in [-0.2, -0.15) is 4.98 Å². The van der Waals surface area contributed by atoms with Gasteiger partial charge in [0.25, 0.3) is 0 Å². The van der Waals surface area contributed by atoms with Crippen LogP contribution in [0.1, 0.15) is 12.2 Å². The first-order valence-corrected chi connectivity index (χ1v) is 4.15. The molecule has 0 aliphatic carbocycles. The van der Waals surface area contributed by atoms with Crippen molar-refractivity contribution in [3.05, 3.63) is 5.82 Å². The number of hydrogen-bond donors (Lipinski definition) is 2. The minimum Gasteiger partial charge on any atom is -0.338 e. The van der Waals surface area contributed by atoms with Crippen LogP contribution in [0.25, 0.3) is 0 Å². The summed E-state index contributed by atoms with van der Waals surface area (Å²) in [6, 6.07) is 0.281. The molecule has 1 atom stereocenters. The largest absolute Gasteiger partial charge is 0.338 e. The predicted molar refractivity (Wildman–Crippen MR) is 45.9 cm³/mol. The molecular weight excluding hydrogens is 154 g/mol. The van der Waals surface area contributed by atoms with E-state index in [-0.39, 0.29) is 6.04 Å². The van der Waals surface area contributed by atoms with Gasteiger partial charge in [-0.05, 0) is 13.3 Å². The molecule has 0 radical (unpaired) electrons. The number of rotatable bonds is 1. The fourth-order valence-corrected chi connectivity index (χ4v) is 1.44. The number of nitrogens with zero attached hydrogens (tertiary/aromatic N) is 3. The SMILES string of the molecule is Cc1nc(N2CCC(N)C2)n[nH]1. The maximum absolute atomic E-state index is 5.76. The van der Waals surface area contributed by atoms with E-state index in [9.17, 15) is 0 Å². The minimum atomic E-state index is 0.281. The van der Waals surface area contributed by atoms with Crippen LogP contribution >= 0.6 is 0 Å². The van der Waals surface area contributed by atoms with E-state index in [1.54, 1.807) is 0 Å². The van der Waals surface area contributed by atoms with Crippen molar-refractivity contribution in [3.8, 4) is 0 Å². The molecule has 5 nitrogen and oxygen atoms in total. The van der Waals surface area contributed by atoms with Gasteiger partial charge >= 0.3 is 0 Å². The summed E-state index contributed by atoms with van der Waals surface area (Å²) in [6.07, 6.45) is 1.04. The molecule has 12 heavy (non-hydrogen) atoms. The highest BCUT2D eigenvalue weighted by molar-refractivity contribution is 5.30. The van der Waals surface area contributed by atoms with E-state index < -0.39 is 0 Å². The number of aromatic amines is 1. The molecule has 1 aliphatic heterocycles. The standard InChI is InChI=1S/C7H13N5/c1-5-9-7(11-10-5)12-3-2-6(8)4-12/h6H,2-4,8H2,1H3,(H,9,10,11). The highest BCUT2D eigenvalue weighted by atomic mass is 15.4. The lowest BCUT2D eigenvalue weighted by atomic mass is 10.3. The van der Waals surface area contributed by atoms with Crippen LogP contribution in [0, 0.1) is 6.92 Å². The van der Waals surface area contributed by atoms with Gasteiger partial charge in [0.2, 0.25) is 5.95 Å². The van der Waals surface area contributed by atoms with Gasteiger partial charge in [-0.15, -0.1) is 5.10 Å². The van der Waals surface area contributed by atoms with E-state index in [0.717, 1.165) is 31.3 Å². The van der Waals surface area contributed by atoms with Gasteiger partial charge in [0.15, 0.2) is 0 Å². The third-order valence-corrected chi connectivity index (χ3v) is 2.09. The van der Waals surface area contributed by atoms with Crippen molar-refractivity contribution in [2.75, 3.05) is 18.0 Å². The molecule has 2 rings (SSSR count). The summed E-state index contributed by atoms with van der Waals surface area (Å²) in [4.78, 5) is 6.34. The zero-order valence-electron chi connectivity index (χ0n) is 7.12. The lowest BCUT2D eigenvalue weighted by Crippen LogP contribution is -2.26. The van der Waals surface area contributed by atoms with E-state index >= 15 is 0 Å². The average Bonchev–Trinajstić information content (AvgIpc) is 2.58. The first-order chi connectivity index (χ1) is 5.75. The van der Waals surface area contributed by atoms with Crippen LogP contribution in [0.4, 0.5) is 5.95 Å². The van der Waals surface area contributed by atoms with Crippen LogP contribution in [0.3, 0.4) is 0 Å². The zero-order chi connectivity index (χ0) is 8.55. The smallest absolute Gasteiger partial charge is 0.244 e. The van der Waals surface area contributed by atoms with Crippen LogP contribution in [0.2, 0.25) is 0 Å². The number of H-pyrrole nitrogens is 1. The monoisotopic (exact) mass is 167 g/mol. The van der Waals surface area contributed by atoms with Gasteiger partial charge in [0.05, 0.1) is 0 Å². The number of aromatic nitrogens is 3. The Kier molecular flexibility index (Phi) is 1.73. The van der Waals surface area contributed by atoms with Crippen molar-refractivity contribution in [2.45, 2.75) is 19.4 Å². The number of anilines is 1. The summed E-state index contributed by atoms with van der Waals surface area (Å²) in [6.45, 7) is 3.74. The van der Waals surface area contributed by atoms with Crippen LogP contribution < -0.4 is 10.6 Å². The summed E-state index contributed by atoms with van der Waals surface area (Å²) in [7, 11) is 0. The third-order valence-electron chi connectivity index (χ3n) is 2.09. The molecule has 0 amide bonds. The Morgan fingerprint density at radius 3 is 3.00 bits per heavy atom. The van der Waals surface area contributed by atoms with Gasteiger partial charge in [0, 0.05) is 19.1 Å². The molecule has 1 fully saturated rings. The molecule has 66 valence electrons. The Bertz CT molecular complexity index is 269. The quantitative estimate of drug-likeness (QED) is 0.599. The lowest BCUT2D eigenvalue weighted by molar-refractivity contribution is 0.750. The van der Waals surface area contributed by atoms with Gasteiger partial charge in [-0.25, -0.2) is 0 Å². The second-order valence-corrected chi connectivity index (χ2v) is 3.22.